The molecule has 0 heterocycles. The van der Waals surface area contributed by atoms with Crippen molar-refractivity contribution in [2.75, 3.05) is 13.6 Å². The number of nitrogens with one attached hydrogen (secondary N) is 1. The van der Waals surface area contributed by atoms with Crippen molar-refractivity contribution in [2.24, 2.45) is 0 Å². The Kier molecular flexibility index (Phi) is 6.67. The van der Waals surface area contributed by atoms with Gasteiger partial charge in [0.1, 0.15) is 5.82 Å². The molecule has 2 aromatic rings. The van der Waals surface area contributed by atoms with Crippen LogP contribution in [0.5, 0.6) is 0 Å². The third kappa shape index (κ3) is 5.70. The van der Waals surface area contributed by atoms with E-state index >= 15 is 0 Å². The molecule has 0 aliphatic rings. The van der Waals surface area contributed by atoms with Gasteiger partial charge in [-0.05, 0) is 55.8 Å². The van der Waals surface area contributed by atoms with E-state index in [1.807, 2.05) is 37.1 Å². The molecule has 0 radical (unpaired) electrons. The van der Waals surface area contributed by atoms with Crippen molar-refractivity contribution < 1.29 is 9.18 Å². The summed E-state index contributed by atoms with van der Waals surface area (Å²) in [6.45, 7) is 2.94. The third-order valence-electron chi connectivity index (χ3n) is 4.15. The molecule has 1 atom stereocenters. The van der Waals surface area contributed by atoms with E-state index < -0.39 is 0 Å². The van der Waals surface area contributed by atoms with Crippen LogP contribution in [0.2, 0.25) is 0 Å². The normalized spacial score (nSPS) is 11.8. The Bertz CT molecular complexity index is 752. The third-order valence-corrected chi connectivity index (χ3v) is 4.15. The predicted molar refractivity (Wildman–Crippen MR) is 95.2 cm³/mol. The molecular weight excluding hydrogens is 317 g/mol. The lowest BCUT2D eigenvalue weighted by Gasteiger charge is -2.24. The molecule has 0 bridgehead atoms. The topological polar surface area (TPSA) is 56.1 Å². The standard InChI is InChI=1S/C20H22FN3O/c1-15(24(2)14-18-5-3-4-17(12-18)13-22)20(25)23-11-10-16-6-8-19(21)9-7-16/h3-9,12,15H,10-11,14H2,1-2H3,(H,23,25). The molecule has 1 unspecified atom stereocenters. The summed E-state index contributed by atoms with van der Waals surface area (Å²) < 4.78 is 12.9. The van der Waals surface area contributed by atoms with Gasteiger partial charge in [-0.2, -0.15) is 5.26 Å². The maximum Gasteiger partial charge on any atom is 0.237 e. The average molecular weight is 339 g/mol. The number of rotatable bonds is 7. The second-order valence-corrected chi connectivity index (χ2v) is 6.07. The summed E-state index contributed by atoms with van der Waals surface area (Å²) in [5.41, 5.74) is 2.59. The zero-order valence-corrected chi connectivity index (χ0v) is 14.5. The fourth-order valence-electron chi connectivity index (χ4n) is 2.49. The highest BCUT2D eigenvalue weighted by molar-refractivity contribution is 5.81. The van der Waals surface area contributed by atoms with Crippen LogP contribution in [0.25, 0.3) is 0 Å². The van der Waals surface area contributed by atoms with Gasteiger partial charge in [-0.1, -0.05) is 24.3 Å². The van der Waals surface area contributed by atoms with E-state index in [-0.39, 0.29) is 17.8 Å². The molecule has 0 saturated heterocycles. The number of benzene rings is 2. The molecule has 25 heavy (non-hydrogen) atoms. The molecule has 5 heteroatoms. The molecule has 1 amide bonds. The SMILES string of the molecule is CC(C(=O)NCCc1ccc(F)cc1)N(C)Cc1cccc(C#N)c1. The van der Waals surface area contributed by atoms with Crippen LogP contribution < -0.4 is 5.32 Å². The quantitative estimate of drug-likeness (QED) is 0.844. The number of nitriles is 1. The Balaban J connectivity index is 1.81. The van der Waals surface area contributed by atoms with Gasteiger partial charge in [0.25, 0.3) is 0 Å². The van der Waals surface area contributed by atoms with Gasteiger partial charge in [0.15, 0.2) is 0 Å². The highest BCUT2D eigenvalue weighted by Gasteiger charge is 2.17. The lowest BCUT2D eigenvalue weighted by atomic mass is 10.1. The lowest BCUT2D eigenvalue weighted by molar-refractivity contribution is -0.125. The highest BCUT2D eigenvalue weighted by Crippen LogP contribution is 2.09. The van der Waals surface area contributed by atoms with E-state index in [9.17, 15) is 9.18 Å². The molecule has 130 valence electrons. The maximum absolute atomic E-state index is 12.9. The number of nitrogens with zero attached hydrogens (tertiary/aromatic N) is 2. The van der Waals surface area contributed by atoms with Crippen LogP contribution in [-0.2, 0) is 17.8 Å². The molecule has 0 fully saturated rings. The zero-order chi connectivity index (χ0) is 18.2. The van der Waals surface area contributed by atoms with Crippen molar-refractivity contribution in [3.63, 3.8) is 0 Å². The second-order valence-electron chi connectivity index (χ2n) is 6.07. The van der Waals surface area contributed by atoms with Gasteiger partial charge < -0.3 is 5.32 Å². The van der Waals surface area contributed by atoms with Gasteiger partial charge >= 0.3 is 0 Å². The number of hydrogen-bond donors (Lipinski definition) is 1. The first-order chi connectivity index (χ1) is 12.0. The molecule has 0 aromatic heterocycles. The Morgan fingerprint density at radius 2 is 1.96 bits per heavy atom. The summed E-state index contributed by atoms with van der Waals surface area (Å²) in [6.07, 6.45) is 0.659. The van der Waals surface area contributed by atoms with E-state index in [1.54, 1.807) is 18.2 Å². The van der Waals surface area contributed by atoms with E-state index in [2.05, 4.69) is 11.4 Å². The number of carbonyl (C=O) groups is 1. The molecule has 2 rings (SSSR count). The molecule has 4 nitrogen and oxygen atoms in total. The van der Waals surface area contributed by atoms with Gasteiger partial charge in [-0.25, -0.2) is 4.39 Å². The highest BCUT2D eigenvalue weighted by atomic mass is 19.1. The van der Waals surface area contributed by atoms with Crippen LogP contribution in [0.1, 0.15) is 23.6 Å². The minimum atomic E-state index is -0.293. The van der Waals surface area contributed by atoms with E-state index in [0.717, 1.165) is 11.1 Å². The van der Waals surface area contributed by atoms with Crippen molar-refractivity contribution in [2.45, 2.75) is 25.9 Å². The fourth-order valence-corrected chi connectivity index (χ4v) is 2.49. The van der Waals surface area contributed by atoms with Gasteiger partial charge in [0.05, 0.1) is 17.7 Å². The number of likely N-dealkylation sites (N-methyl/N-ethyl adjacent to an activating group) is 1. The number of hydrogen-bond acceptors (Lipinski definition) is 3. The summed E-state index contributed by atoms with van der Waals surface area (Å²) in [5, 5.41) is 11.9. The van der Waals surface area contributed by atoms with Crippen LogP contribution in [0, 0.1) is 17.1 Å². The molecule has 0 aliphatic carbocycles. The van der Waals surface area contributed by atoms with E-state index in [0.29, 0.717) is 25.1 Å². The Labute approximate surface area is 147 Å². The summed E-state index contributed by atoms with van der Waals surface area (Å²) >= 11 is 0. The van der Waals surface area contributed by atoms with Crippen molar-refractivity contribution in [1.29, 1.82) is 5.26 Å². The summed E-state index contributed by atoms with van der Waals surface area (Å²) in [4.78, 5) is 14.2. The molecule has 2 aromatic carbocycles. The zero-order valence-electron chi connectivity index (χ0n) is 14.5. The van der Waals surface area contributed by atoms with Crippen molar-refractivity contribution in [3.8, 4) is 6.07 Å². The molecule has 0 saturated carbocycles. The summed E-state index contributed by atoms with van der Waals surface area (Å²) in [7, 11) is 1.88. The Morgan fingerprint density at radius 3 is 2.64 bits per heavy atom. The number of carbonyl (C=O) groups excluding carboxylic acids is 1. The van der Waals surface area contributed by atoms with Gasteiger partial charge in [0, 0.05) is 13.1 Å². The molecular formula is C20H22FN3O. The average Bonchev–Trinajstić information content (AvgIpc) is 2.62. The molecule has 0 aliphatic heterocycles. The van der Waals surface area contributed by atoms with Crippen LogP contribution in [0.15, 0.2) is 48.5 Å². The smallest absolute Gasteiger partial charge is 0.237 e. The van der Waals surface area contributed by atoms with E-state index in [4.69, 9.17) is 5.26 Å². The van der Waals surface area contributed by atoms with Crippen LogP contribution in [0.4, 0.5) is 4.39 Å². The first-order valence-corrected chi connectivity index (χ1v) is 8.21. The molecule has 1 N–H and O–H groups in total. The first-order valence-electron chi connectivity index (χ1n) is 8.21. The van der Waals surface area contributed by atoms with Crippen LogP contribution in [-0.4, -0.2) is 30.4 Å². The Hall–Kier alpha value is -2.71. The number of amides is 1. The summed E-state index contributed by atoms with van der Waals surface area (Å²) in [6, 6.07) is 15.5. The monoisotopic (exact) mass is 339 g/mol. The van der Waals surface area contributed by atoms with Crippen molar-refractivity contribution in [3.05, 3.63) is 71.0 Å². The Morgan fingerprint density at radius 1 is 1.24 bits per heavy atom. The predicted octanol–water partition coefficient (Wildman–Crippen LogP) is 2.88. The lowest BCUT2D eigenvalue weighted by Crippen LogP contribution is -2.43. The minimum absolute atomic E-state index is 0.0546. The van der Waals surface area contributed by atoms with Crippen molar-refractivity contribution >= 4 is 5.91 Å². The number of halogens is 1. The van der Waals surface area contributed by atoms with Crippen molar-refractivity contribution in [1.82, 2.24) is 10.2 Å². The fraction of sp³-hybridized carbons (Fsp3) is 0.300. The maximum atomic E-state index is 12.9. The largest absolute Gasteiger partial charge is 0.354 e. The minimum Gasteiger partial charge on any atom is -0.354 e. The van der Waals surface area contributed by atoms with Crippen LogP contribution in [0.3, 0.4) is 0 Å². The van der Waals surface area contributed by atoms with Crippen LogP contribution >= 0.6 is 0 Å². The molecule has 0 spiro atoms. The first kappa shape index (κ1) is 18.6. The van der Waals surface area contributed by atoms with Gasteiger partial charge in [0.2, 0.25) is 5.91 Å². The van der Waals surface area contributed by atoms with E-state index in [1.165, 1.54) is 12.1 Å². The van der Waals surface area contributed by atoms with Gasteiger partial charge in [-0.15, -0.1) is 0 Å². The second kappa shape index (κ2) is 8.95. The van der Waals surface area contributed by atoms with Gasteiger partial charge in [-0.3, -0.25) is 9.69 Å². The summed E-state index contributed by atoms with van der Waals surface area (Å²) in [5.74, 6) is -0.315.